The topological polar surface area (TPSA) is 61.6 Å². The molecule has 1 saturated carbocycles. The summed E-state index contributed by atoms with van der Waals surface area (Å²) in [5.74, 6) is 2.87. The van der Waals surface area contributed by atoms with Gasteiger partial charge in [0.25, 0.3) is 0 Å². The Morgan fingerprint density at radius 2 is 1.94 bits per heavy atom. The maximum atomic E-state index is 4.97. The maximum absolute atomic E-state index is 4.97. The van der Waals surface area contributed by atoms with Gasteiger partial charge in [0.2, 0.25) is 0 Å². The van der Waals surface area contributed by atoms with Crippen LogP contribution in [0.3, 0.4) is 0 Å². The van der Waals surface area contributed by atoms with Gasteiger partial charge in [-0.25, -0.2) is 4.99 Å². The van der Waals surface area contributed by atoms with Crippen molar-refractivity contribution in [3.05, 3.63) is 42.0 Å². The summed E-state index contributed by atoms with van der Waals surface area (Å²) in [5.41, 5.74) is 1.79. The van der Waals surface area contributed by atoms with Crippen LogP contribution in [0.1, 0.15) is 50.2 Å². The Kier molecular flexibility index (Phi) is 6.78. The Morgan fingerprint density at radius 1 is 1.16 bits per heavy atom. The van der Waals surface area contributed by atoms with Crippen LogP contribution in [-0.2, 0) is 13.6 Å². The van der Waals surface area contributed by atoms with Crippen molar-refractivity contribution in [1.29, 1.82) is 0 Å². The van der Waals surface area contributed by atoms with Gasteiger partial charge in [0, 0.05) is 46.0 Å². The monoisotopic (exact) mass is 423 g/mol. The summed E-state index contributed by atoms with van der Waals surface area (Å²) in [6, 6.07) is 10.6. The molecule has 168 valence electrons. The van der Waals surface area contributed by atoms with E-state index in [0.717, 1.165) is 50.2 Å². The molecule has 1 aliphatic heterocycles. The number of benzene rings is 1. The zero-order chi connectivity index (χ0) is 21.7. The maximum Gasteiger partial charge on any atom is 0.194 e. The third-order valence-electron chi connectivity index (χ3n) is 7.11. The highest BCUT2D eigenvalue weighted by molar-refractivity contribution is 5.80. The van der Waals surface area contributed by atoms with Crippen LogP contribution in [0.5, 0.6) is 0 Å². The van der Waals surface area contributed by atoms with Gasteiger partial charge in [0.15, 0.2) is 11.8 Å². The van der Waals surface area contributed by atoms with Crippen LogP contribution in [0.4, 0.5) is 5.69 Å². The molecule has 0 atom stereocenters. The molecule has 1 N–H and O–H groups in total. The van der Waals surface area contributed by atoms with Gasteiger partial charge in [-0.15, -0.1) is 10.2 Å². The first-order chi connectivity index (χ1) is 15.1. The minimum Gasteiger partial charge on any atom is -0.375 e. The third-order valence-corrected chi connectivity index (χ3v) is 7.11. The fourth-order valence-electron chi connectivity index (χ4n) is 4.98. The number of nitrogens with zero attached hydrogens (tertiary/aromatic N) is 6. The number of aromatic nitrogens is 3. The first-order valence-electron chi connectivity index (χ1n) is 11.7. The first kappa shape index (κ1) is 21.7. The van der Waals surface area contributed by atoms with Gasteiger partial charge in [0.1, 0.15) is 12.4 Å². The molecule has 1 aromatic heterocycles. The molecule has 4 rings (SSSR count). The van der Waals surface area contributed by atoms with Crippen molar-refractivity contribution in [2.75, 3.05) is 38.1 Å². The van der Waals surface area contributed by atoms with Crippen LogP contribution in [0.15, 0.2) is 35.3 Å². The van der Waals surface area contributed by atoms with Crippen LogP contribution in [0.2, 0.25) is 0 Å². The molecule has 7 nitrogen and oxygen atoms in total. The second-order valence-corrected chi connectivity index (χ2v) is 9.28. The molecule has 1 saturated heterocycles. The lowest BCUT2D eigenvalue weighted by Crippen LogP contribution is -2.42. The molecular weight excluding hydrogens is 386 g/mol. The Hall–Kier alpha value is -2.57. The number of nitrogens with one attached hydrogen (secondary N) is 1. The summed E-state index contributed by atoms with van der Waals surface area (Å²) in [6.07, 6.45) is 7.89. The summed E-state index contributed by atoms with van der Waals surface area (Å²) < 4.78 is 2.03. The molecule has 0 unspecified atom stereocenters. The van der Waals surface area contributed by atoms with E-state index < -0.39 is 0 Å². The van der Waals surface area contributed by atoms with Gasteiger partial charge < -0.3 is 19.7 Å². The van der Waals surface area contributed by atoms with E-state index in [-0.39, 0.29) is 0 Å². The standard InChI is InChI=1S/C24H37N7/c1-20-27-28-22(30(20)3)18-26-23(31-17-14-24(19-31)12-7-8-13-24)25-15-9-16-29(2)21-10-5-4-6-11-21/h4-6,10-11H,7-9,12-19H2,1-3H3,(H,25,26). The SMILES string of the molecule is Cc1nnc(CN=C(NCCCN(C)c2ccccc2)N2CCC3(CCCC3)C2)n1C. The normalized spacial score (nSPS) is 18.2. The molecule has 2 fully saturated rings. The fraction of sp³-hybridized carbons (Fsp3) is 0.625. The molecule has 31 heavy (non-hydrogen) atoms. The number of aliphatic imine (C=N–C) groups is 1. The Morgan fingerprint density at radius 3 is 2.65 bits per heavy atom. The number of para-hydroxylation sites is 1. The largest absolute Gasteiger partial charge is 0.375 e. The van der Waals surface area contributed by atoms with Crippen LogP contribution in [0.25, 0.3) is 0 Å². The third kappa shape index (κ3) is 5.20. The molecule has 0 amide bonds. The van der Waals surface area contributed by atoms with Crippen molar-refractivity contribution >= 4 is 11.6 Å². The van der Waals surface area contributed by atoms with E-state index in [1.807, 2.05) is 18.5 Å². The van der Waals surface area contributed by atoms with E-state index in [1.165, 1.54) is 37.8 Å². The van der Waals surface area contributed by atoms with Crippen molar-refractivity contribution < 1.29 is 0 Å². The molecule has 1 aliphatic carbocycles. The molecule has 2 aromatic rings. The number of hydrogen-bond acceptors (Lipinski definition) is 4. The number of rotatable bonds is 7. The van der Waals surface area contributed by atoms with E-state index in [0.29, 0.717) is 12.0 Å². The molecule has 1 aromatic carbocycles. The van der Waals surface area contributed by atoms with Crippen LogP contribution < -0.4 is 10.2 Å². The van der Waals surface area contributed by atoms with Crippen molar-refractivity contribution in [3.63, 3.8) is 0 Å². The van der Waals surface area contributed by atoms with E-state index in [2.05, 4.69) is 62.7 Å². The van der Waals surface area contributed by atoms with Crippen LogP contribution >= 0.6 is 0 Å². The highest BCUT2D eigenvalue weighted by atomic mass is 15.3. The van der Waals surface area contributed by atoms with Crippen molar-refractivity contribution in [2.24, 2.45) is 17.5 Å². The van der Waals surface area contributed by atoms with Crippen LogP contribution in [-0.4, -0.2) is 58.9 Å². The number of guanidine groups is 1. The lowest BCUT2D eigenvalue weighted by molar-refractivity contribution is 0.309. The van der Waals surface area contributed by atoms with Gasteiger partial charge in [-0.1, -0.05) is 31.0 Å². The lowest BCUT2D eigenvalue weighted by Gasteiger charge is -2.26. The predicted molar refractivity (Wildman–Crippen MR) is 126 cm³/mol. The number of aryl methyl sites for hydroxylation is 1. The minimum absolute atomic E-state index is 0.525. The summed E-state index contributed by atoms with van der Waals surface area (Å²) in [6.45, 7) is 6.71. The van der Waals surface area contributed by atoms with Gasteiger partial charge in [-0.05, 0) is 50.2 Å². The summed E-state index contributed by atoms with van der Waals surface area (Å²) in [5, 5.41) is 12.1. The number of anilines is 1. The van der Waals surface area contributed by atoms with Crippen molar-refractivity contribution in [2.45, 2.75) is 52.0 Å². The second-order valence-electron chi connectivity index (χ2n) is 9.28. The smallest absolute Gasteiger partial charge is 0.194 e. The second kappa shape index (κ2) is 9.71. The predicted octanol–water partition coefficient (Wildman–Crippen LogP) is 3.36. The fourth-order valence-corrected chi connectivity index (χ4v) is 4.98. The Labute approximate surface area is 186 Å². The zero-order valence-corrected chi connectivity index (χ0v) is 19.3. The van der Waals surface area contributed by atoms with E-state index in [9.17, 15) is 0 Å². The minimum atomic E-state index is 0.525. The Bertz CT molecular complexity index is 867. The van der Waals surface area contributed by atoms with Crippen LogP contribution in [0, 0.1) is 12.3 Å². The van der Waals surface area contributed by atoms with Crippen molar-refractivity contribution in [3.8, 4) is 0 Å². The highest BCUT2D eigenvalue weighted by Crippen LogP contribution is 2.45. The summed E-state index contributed by atoms with van der Waals surface area (Å²) in [7, 11) is 4.17. The lowest BCUT2D eigenvalue weighted by atomic mass is 9.86. The van der Waals surface area contributed by atoms with Gasteiger partial charge in [-0.2, -0.15) is 0 Å². The first-order valence-corrected chi connectivity index (χ1v) is 11.7. The number of hydrogen-bond donors (Lipinski definition) is 1. The molecular formula is C24H37N7. The van der Waals surface area contributed by atoms with E-state index >= 15 is 0 Å². The quantitative estimate of drug-likeness (QED) is 0.420. The summed E-state index contributed by atoms with van der Waals surface area (Å²) >= 11 is 0. The average Bonchev–Trinajstić information content (AvgIpc) is 3.51. The molecule has 7 heteroatoms. The Balaban J connectivity index is 1.36. The highest BCUT2D eigenvalue weighted by Gasteiger charge is 2.41. The zero-order valence-electron chi connectivity index (χ0n) is 19.3. The molecule has 0 bridgehead atoms. The van der Waals surface area contributed by atoms with E-state index in [4.69, 9.17) is 4.99 Å². The summed E-state index contributed by atoms with van der Waals surface area (Å²) in [4.78, 5) is 9.77. The molecule has 2 heterocycles. The molecule has 0 radical (unpaired) electrons. The van der Waals surface area contributed by atoms with Gasteiger partial charge in [-0.3, -0.25) is 0 Å². The molecule has 2 aliphatic rings. The molecule has 1 spiro atoms. The average molecular weight is 424 g/mol. The van der Waals surface area contributed by atoms with Gasteiger partial charge in [0.05, 0.1) is 0 Å². The van der Waals surface area contributed by atoms with E-state index in [1.54, 1.807) is 0 Å². The van der Waals surface area contributed by atoms with Crippen molar-refractivity contribution in [1.82, 2.24) is 25.0 Å². The number of likely N-dealkylation sites (tertiary alicyclic amines) is 1. The van der Waals surface area contributed by atoms with Gasteiger partial charge >= 0.3 is 0 Å².